The van der Waals surface area contributed by atoms with Gasteiger partial charge < -0.3 is 10.1 Å². The Labute approximate surface area is 115 Å². The van der Waals surface area contributed by atoms with Gasteiger partial charge in [0, 0.05) is 18.6 Å². The van der Waals surface area contributed by atoms with E-state index < -0.39 is 4.92 Å². The van der Waals surface area contributed by atoms with Crippen LogP contribution in [0.15, 0.2) is 6.33 Å². The summed E-state index contributed by atoms with van der Waals surface area (Å²) in [6.45, 7) is 4.08. The summed E-state index contributed by atoms with van der Waals surface area (Å²) in [5.41, 5.74) is -0.416. The zero-order chi connectivity index (χ0) is 14.2. The molecule has 0 spiro atoms. The fraction of sp³-hybridized carbons (Fsp3) is 0.636. The fourth-order valence-corrected chi connectivity index (χ4v) is 2.52. The molecule has 2 rings (SSSR count). The van der Waals surface area contributed by atoms with Gasteiger partial charge in [-0.3, -0.25) is 10.1 Å². The molecule has 19 heavy (non-hydrogen) atoms. The first kappa shape index (κ1) is 14.0. The summed E-state index contributed by atoms with van der Waals surface area (Å²) in [7, 11) is 1.66. The van der Waals surface area contributed by atoms with Gasteiger partial charge in [0.15, 0.2) is 0 Å². The number of rotatable bonds is 4. The lowest BCUT2D eigenvalue weighted by Gasteiger charge is -2.51. The van der Waals surface area contributed by atoms with Crippen molar-refractivity contribution in [3.8, 4) is 0 Å². The van der Waals surface area contributed by atoms with Crippen molar-refractivity contribution in [2.45, 2.75) is 32.4 Å². The second kappa shape index (κ2) is 4.90. The highest BCUT2D eigenvalue weighted by molar-refractivity contribution is 6.31. The maximum Gasteiger partial charge on any atom is 0.348 e. The molecule has 8 heteroatoms. The Hall–Kier alpha value is -1.47. The van der Waals surface area contributed by atoms with Crippen molar-refractivity contribution in [2.24, 2.45) is 5.41 Å². The van der Waals surface area contributed by atoms with Gasteiger partial charge in [0.1, 0.15) is 6.33 Å². The van der Waals surface area contributed by atoms with Crippen molar-refractivity contribution in [1.29, 1.82) is 0 Å². The third-order valence-electron chi connectivity index (χ3n) is 3.73. The van der Waals surface area contributed by atoms with E-state index >= 15 is 0 Å². The Bertz CT molecular complexity index is 509. The average molecular weight is 287 g/mol. The Morgan fingerprint density at radius 2 is 2.26 bits per heavy atom. The third kappa shape index (κ3) is 2.35. The summed E-state index contributed by atoms with van der Waals surface area (Å²) in [5, 5.41) is 13.9. The molecule has 1 aromatic heterocycles. The van der Waals surface area contributed by atoms with Crippen LogP contribution < -0.4 is 5.32 Å². The average Bonchev–Trinajstić information content (AvgIpc) is 2.33. The van der Waals surface area contributed by atoms with Gasteiger partial charge in [-0.1, -0.05) is 25.4 Å². The van der Waals surface area contributed by atoms with E-state index in [1.165, 1.54) is 6.33 Å². The van der Waals surface area contributed by atoms with Crippen LogP contribution in [-0.2, 0) is 4.74 Å². The van der Waals surface area contributed by atoms with Crippen molar-refractivity contribution in [1.82, 2.24) is 9.97 Å². The molecule has 1 aliphatic carbocycles. The molecule has 1 aromatic rings. The second-order valence-electron chi connectivity index (χ2n) is 5.10. The fourth-order valence-electron chi connectivity index (χ4n) is 2.32. The maximum atomic E-state index is 11.0. The molecule has 1 aliphatic rings. The van der Waals surface area contributed by atoms with Gasteiger partial charge in [0.2, 0.25) is 11.0 Å². The summed E-state index contributed by atoms with van der Waals surface area (Å²) in [6, 6.07) is 0.0436. The highest BCUT2D eigenvalue weighted by Gasteiger charge is 2.49. The number of ether oxygens (including phenoxy) is 1. The topological polar surface area (TPSA) is 90.2 Å². The van der Waals surface area contributed by atoms with E-state index in [1.807, 2.05) is 13.8 Å². The molecular weight excluding hydrogens is 272 g/mol. The Morgan fingerprint density at radius 1 is 1.58 bits per heavy atom. The van der Waals surface area contributed by atoms with Gasteiger partial charge >= 0.3 is 5.69 Å². The predicted molar refractivity (Wildman–Crippen MR) is 70.3 cm³/mol. The Kier molecular flexibility index (Phi) is 3.60. The van der Waals surface area contributed by atoms with E-state index in [1.54, 1.807) is 7.11 Å². The van der Waals surface area contributed by atoms with Crippen LogP contribution in [0.3, 0.4) is 0 Å². The van der Waals surface area contributed by atoms with E-state index in [-0.39, 0.29) is 34.2 Å². The van der Waals surface area contributed by atoms with Crippen LogP contribution in [0.2, 0.25) is 5.15 Å². The molecule has 0 bridgehead atoms. The van der Waals surface area contributed by atoms with E-state index in [0.29, 0.717) is 0 Å². The number of nitrogens with zero attached hydrogens (tertiary/aromatic N) is 3. The van der Waals surface area contributed by atoms with Crippen molar-refractivity contribution < 1.29 is 9.66 Å². The molecule has 1 saturated carbocycles. The minimum Gasteiger partial charge on any atom is -0.381 e. The number of halogens is 1. The molecule has 0 aliphatic heterocycles. The summed E-state index contributed by atoms with van der Waals surface area (Å²) >= 11 is 5.74. The van der Waals surface area contributed by atoms with Crippen LogP contribution in [0.4, 0.5) is 11.5 Å². The summed E-state index contributed by atoms with van der Waals surface area (Å²) in [5.74, 6) is 0.151. The van der Waals surface area contributed by atoms with E-state index in [2.05, 4.69) is 15.3 Å². The van der Waals surface area contributed by atoms with E-state index in [4.69, 9.17) is 16.3 Å². The lowest BCUT2D eigenvalue weighted by molar-refractivity contribution is -0.384. The smallest absolute Gasteiger partial charge is 0.348 e. The lowest BCUT2D eigenvalue weighted by atomic mass is 9.64. The van der Waals surface area contributed by atoms with Crippen LogP contribution in [0, 0.1) is 15.5 Å². The summed E-state index contributed by atoms with van der Waals surface area (Å²) < 4.78 is 5.34. The zero-order valence-electron chi connectivity index (χ0n) is 10.9. The van der Waals surface area contributed by atoms with E-state index in [9.17, 15) is 10.1 Å². The van der Waals surface area contributed by atoms with Crippen LogP contribution >= 0.6 is 11.6 Å². The molecule has 0 amide bonds. The molecule has 0 radical (unpaired) electrons. The maximum absolute atomic E-state index is 11.0. The quantitative estimate of drug-likeness (QED) is 0.519. The number of nitrogens with one attached hydrogen (secondary N) is 1. The molecule has 2 atom stereocenters. The van der Waals surface area contributed by atoms with Crippen molar-refractivity contribution >= 4 is 23.1 Å². The van der Waals surface area contributed by atoms with Gasteiger partial charge in [-0.2, -0.15) is 0 Å². The molecule has 1 heterocycles. The lowest BCUT2D eigenvalue weighted by Crippen LogP contribution is -2.57. The molecule has 104 valence electrons. The first-order valence-corrected chi connectivity index (χ1v) is 6.20. The highest BCUT2D eigenvalue weighted by Crippen LogP contribution is 2.44. The normalized spacial score (nSPS) is 24.6. The predicted octanol–water partition coefficient (Wildman–Crippen LogP) is 2.26. The molecule has 7 nitrogen and oxygen atoms in total. The van der Waals surface area contributed by atoms with Crippen LogP contribution in [0.25, 0.3) is 0 Å². The first-order chi connectivity index (χ1) is 8.87. The minimum absolute atomic E-state index is 0.0436. The van der Waals surface area contributed by atoms with Gasteiger partial charge in [-0.25, -0.2) is 9.97 Å². The molecule has 2 unspecified atom stereocenters. The Morgan fingerprint density at radius 3 is 2.79 bits per heavy atom. The van der Waals surface area contributed by atoms with Gasteiger partial charge in [-0.05, 0) is 6.42 Å². The molecule has 1 fully saturated rings. The number of aromatic nitrogens is 2. The monoisotopic (exact) mass is 286 g/mol. The van der Waals surface area contributed by atoms with Crippen molar-refractivity contribution in [3.05, 3.63) is 21.6 Å². The standard InChI is InChI=1S/C11H15ClN4O3/c1-11(2)6(4-7(11)19-3)15-10-8(16(17)18)9(12)13-5-14-10/h5-7H,4H2,1-3H3,(H,13,14,15). The Balaban J connectivity index is 2.22. The summed E-state index contributed by atoms with van der Waals surface area (Å²) in [4.78, 5) is 17.9. The largest absolute Gasteiger partial charge is 0.381 e. The number of nitro groups is 1. The SMILES string of the molecule is COC1CC(Nc2ncnc(Cl)c2[N+](=O)[O-])C1(C)C. The van der Waals surface area contributed by atoms with Gasteiger partial charge in [0.05, 0.1) is 11.0 Å². The third-order valence-corrected chi connectivity index (χ3v) is 4.01. The molecule has 1 N–H and O–H groups in total. The first-order valence-electron chi connectivity index (χ1n) is 5.82. The van der Waals surface area contributed by atoms with Gasteiger partial charge in [0.25, 0.3) is 0 Å². The van der Waals surface area contributed by atoms with Crippen molar-refractivity contribution in [2.75, 3.05) is 12.4 Å². The van der Waals surface area contributed by atoms with Crippen LogP contribution in [-0.4, -0.2) is 34.1 Å². The molecule has 0 saturated heterocycles. The van der Waals surface area contributed by atoms with Crippen LogP contribution in [0.1, 0.15) is 20.3 Å². The van der Waals surface area contributed by atoms with Crippen LogP contribution in [0.5, 0.6) is 0 Å². The highest BCUT2D eigenvalue weighted by atomic mass is 35.5. The van der Waals surface area contributed by atoms with E-state index in [0.717, 1.165) is 6.42 Å². The molecule has 0 aromatic carbocycles. The summed E-state index contributed by atoms with van der Waals surface area (Å²) in [6.07, 6.45) is 2.10. The minimum atomic E-state index is -0.579. The van der Waals surface area contributed by atoms with Crippen molar-refractivity contribution in [3.63, 3.8) is 0 Å². The van der Waals surface area contributed by atoms with Gasteiger partial charge in [-0.15, -0.1) is 0 Å². The number of hydrogen-bond donors (Lipinski definition) is 1. The zero-order valence-corrected chi connectivity index (χ0v) is 11.6. The number of hydrogen-bond acceptors (Lipinski definition) is 6. The molecular formula is C11H15ClN4O3. The second-order valence-corrected chi connectivity index (χ2v) is 5.46. The number of anilines is 1. The number of methoxy groups -OCH3 is 1.